The molecule has 0 amide bonds. The highest BCUT2D eigenvalue weighted by molar-refractivity contribution is 6.30. The number of rotatable bonds is 3. The van der Waals surface area contributed by atoms with Gasteiger partial charge in [0, 0.05) is 6.20 Å². The zero-order valence-corrected chi connectivity index (χ0v) is 12.1. The number of halogens is 1. The van der Waals surface area contributed by atoms with Crippen LogP contribution < -0.4 is 5.32 Å². The zero-order valence-electron chi connectivity index (χ0n) is 11.3. The lowest BCUT2D eigenvalue weighted by Crippen LogP contribution is -2.31. The average Bonchev–Trinajstić information content (AvgIpc) is 2.91. The van der Waals surface area contributed by atoms with Crippen LogP contribution in [0.5, 0.6) is 0 Å². The molecule has 1 fully saturated rings. The Morgan fingerprint density at radius 2 is 1.90 bits per heavy atom. The Kier molecular flexibility index (Phi) is 3.84. The maximum absolute atomic E-state index is 5.76. The van der Waals surface area contributed by atoms with Gasteiger partial charge in [0.05, 0.1) is 35.3 Å². The summed E-state index contributed by atoms with van der Waals surface area (Å²) in [6, 6.07) is 0.480. The van der Waals surface area contributed by atoms with Crippen molar-refractivity contribution in [3.05, 3.63) is 29.8 Å². The zero-order chi connectivity index (χ0) is 13.9. The first-order chi connectivity index (χ1) is 9.70. The fourth-order valence-corrected chi connectivity index (χ4v) is 2.47. The van der Waals surface area contributed by atoms with E-state index in [9.17, 15) is 0 Å². The van der Waals surface area contributed by atoms with Gasteiger partial charge in [0.1, 0.15) is 0 Å². The maximum Gasteiger partial charge on any atom is 0.227 e. The quantitative estimate of drug-likeness (QED) is 0.941. The minimum Gasteiger partial charge on any atom is -0.321 e. The number of hydrogen-bond donors (Lipinski definition) is 1. The third kappa shape index (κ3) is 3.08. The molecule has 1 aliphatic rings. The molecule has 106 valence electrons. The minimum atomic E-state index is 0.480. The number of aromatic nitrogens is 4. The minimum absolute atomic E-state index is 0.480. The Balaban J connectivity index is 1.66. The van der Waals surface area contributed by atoms with Gasteiger partial charge in [0.15, 0.2) is 0 Å². The Bertz CT molecular complexity index is 558. The second-order valence-electron chi connectivity index (χ2n) is 5.09. The van der Waals surface area contributed by atoms with Crippen molar-refractivity contribution in [1.82, 2.24) is 24.6 Å². The molecule has 0 saturated carbocycles. The van der Waals surface area contributed by atoms with Gasteiger partial charge in [0.25, 0.3) is 0 Å². The molecular weight excluding hydrogens is 276 g/mol. The van der Waals surface area contributed by atoms with Crippen LogP contribution in [0.15, 0.2) is 24.8 Å². The highest BCUT2D eigenvalue weighted by Crippen LogP contribution is 2.23. The Labute approximate surface area is 122 Å². The van der Waals surface area contributed by atoms with Gasteiger partial charge in [-0.1, -0.05) is 11.6 Å². The van der Waals surface area contributed by atoms with E-state index in [-0.39, 0.29) is 0 Å². The van der Waals surface area contributed by atoms with Crippen molar-refractivity contribution in [2.75, 3.05) is 25.5 Å². The topological polar surface area (TPSA) is 58.9 Å². The van der Waals surface area contributed by atoms with Crippen LogP contribution in [0.2, 0.25) is 5.02 Å². The van der Waals surface area contributed by atoms with E-state index < -0.39 is 0 Å². The molecule has 1 N–H and O–H groups in total. The summed E-state index contributed by atoms with van der Waals surface area (Å²) in [5, 5.41) is 8.08. The summed E-state index contributed by atoms with van der Waals surface area (Å²) in [7, 11) is 2.16. The van der Waals surface area contributed by atoms with Gasteiger partial charge in [-0.2, -0.15) is 5.10 Å². The van der Waals surface area contributed by atoms with Crippen molar-refractivity contribution >= 4 is 23.2 Å². The fourth-order valence-electron chi connectivity index (χ4n) is 2.37. The largest absolute Gasteiger partial charge is 0.321 e. The number of nitrogens with zero attached hydrogens (tertiary/aromatic N) is 5. The predicted octanol–water partition coefficient (Wildman–Crippen LogP) is 2.34. The lowest BCUT2D eigenvalue weighted by molar-refractivity contribution is 0.212. The fraction of sp³-hybridized carbons (Fsp3) is 0.462. The summed E-state index contributed by atoms with van der Waals surface area (Å²) in [6.45, 7) is 2.24. The van der Waals surface area contributed by atoms with E-state index in [1.54, 1.807) is 18.6 Å². The Hall–Kier alpha value is -1.66. The van der Waals surface area contributed by atoms with Crippen LogP contribution >= 0.6 is 11.6 Å². The van der Waals surface area contributed by atoms with Crippen LogP contribution in [0.25, 0.3) is 0 Å². The van der Waals surface area contributed by atoms with Crippen molar-refractivity contribution < 1.29 is 0 Å². The molecule has 3 rings (SSSR count). The van der Waals surface area contributed by atoms with Crippen LogP contribution in [0.3, 0.4) is 0 Å². The van der Waals surface area contributed by atoms with Gasteiger partial charge in [0.2, 0.25) is 5.95 Å². The van der Waals surface area contributed by atoms with Gasteiger partial charge >= 0.3 is 0 Å². The summed E-state index contributed by atoms with van der Waals surface area (Å²) < 4.78 is 2.03. The van der Waals surface area contributed by atoms with Crippen molar-refractivity contribution in [3.8, 4) is 0 Å². The highest BCUT2D eigenvalue weighted by atomic mass is 35.5. The molecule has 2 aromatic rings. The normalized spacial score (nSPS) is 17.3. The smallest absolute Gasteiger partial charge is 0.227 e. The molecular formula is C13H17ClN6. The first kappa shape index (κ1) is 13.3. The number of anilines is 2. The summed E-state index contributed by atoms with van der Waals surface area (Å²) in [5.74, 6) is 0.525. The van der Waals surface area contributed by atoms with Crippen molar-refractivity contribution in [2.24, 2.45) is 0 Å². The van der Waals surface area contributed by atoms with Crippen molar-refractivity contribution in [2.45, 2.75) is 18.9 Å². The lowest BCUT2D eigenvalue weighted by Gasteiger charge is -2.28. The van der Waals surface area contributed by atoms with Gasteiger partial charge in [-0.3, -0.25) is 4.68 Å². The van der Waals surface area contributed by atoms with E-state index in [1.807, 2.05) is 10.9 Å². The molecule has 0 unspecified atom stereocenters. The van der Waals surface area contributed by atoms with E-state index in [0.29, 0.717) is 17.0 Å². The number of piperidine rings is 1. The van der Waals surface area contributed by atoms with E-state index in [0.717, 1.165) is 31.6 Å². The van der Waals surface area contributed by atoms with E-state index in [4.69, 9.17) is 11.6 Å². The average molecular weight is 293 g/mol. The van der Waals surface area contributed by atoms with Crippen LogP contribution in [0.1, 0.15) is 18.9 Å². The monoisotopic (exact) mass is 292 g/mol. The predicted molar refractivity (Wildman–Crippen MR) is 78.3 cm³/mol. The van der Waals surface area contributed by atoms with Gasteiger partial charge in [-0.15, -0.1) is 0 Å². The molecule has 1 saturated heterocycles. The second-order valence-corrected chi connectivity index (χ2v) is 5.53. The summed E-state index contributed by atoms with van der Waals surface area (Å²) in [5.41, 5.74) is 0.895. The maximum atomic E-state index is 5.76. The van der Waals surface area contributed by atoms with Gasteiger partial charge < -0.3 is 10.2 Å². The highest BCUT2D eigenvalue weighted by Gasteiger charge is 2.18. The lowest BCUT2D eigenvalue weighted by atomic mass is 10.1. The van der Waals surface area contributed by atoms with Crippen molar-refractivity contribution in [1.29, 1.82) is 0 Å². The first-order valence-electron chi connectivity index (χ1n) is 6.68. The van der Waals surface area contributed by atoms with E-state index in [2.05, 4.69) is 32.3 Å². The molecule has 0 aliphatic carbocycles. The van der Waals surface area contributed by atoms with Gasteiger partial charge in [-0.05, 0) is 33.0 Å². The molecule has 0 aromatic carbocycles. The van der Waals surface area contributed by atoms with Gasteiger partial charge in [-0.25, -0.2) is 9.97 Å². The molecule has 0 radical (unpaired) electrons. The summed E-state index contributed by atoms with van der Waals surface area (Å²) in [6.07, 6.45) is 9.21. The molecule has 0 spiro atoms. The number of likely N-dealkylation sites (tertiary alicyclic amines) is 1. The third-order valence-electron chi connectivity index (χ3n) is 3.54. The Morgan fingerprint density at radius 1 is 1.20 bits per heavy atom. The van der Waals surface area contributed by atoms with Crippen LogP contribution in [0, 0.1) is 0 Å². The molecule has 6 nitrogen and oxygen atoms in total. The SMILES string of the molecule is CN1CCC(n2cc(Nc3ncc(Cl)cn3)cn2)CC1. The Morgan fingerprint density at radius 3 is 2.60 bits per heavy atom. The third-order valence-corrected chi connectivity index (χ3v) is 3.74. The molecule has 0 bridgehead atoms. The van der Waals surface area contributed by atoms with Crippen LogP contribution in [-0.4, -0.2) is 44.8 Å². The summed E-state index contributed by atoms with van der Waals surface area (Å²) >= 11 is 5.76. The number of hydrogen-bond acceptors (Lipinski definition) is 5. The van der Waals surface area contributed by atoms with Crippen LogP contribution in [-0.2, 0) is 0 Å². The number of nitrogens with one attached hydrogen (secondary N) is 1. The van der Waals surface area contributed by atoms with Crippen molar-refractivity contribution in [3.63, 3.8) is 0 Å². The van der Waals surface area contributed by atoms with E-state index in [1.165, 1.54) is 0 Å². The second kappa shape index (κ2) is 5.76. The first-order valence-corrected chi connectivity index (χ1v) is 7.06. The molecule has 20 heavy (non-hydrogen) atoms. The molecule has 1 aliphatic heterocycles. The molecule has 7 heteroatoms. The molecule has 0 atom stereocenters. The molecule has 2 aromatic heterocycles. The van der Waals surface area contributed by atoms with E-state index >= 15 is 0 Å². The summed E-state index contributed by atoms with van der Waals surface area (Å²) in [4.78, 5) is 10.6. The standard InChI is InChI=1S/C13H17ClN6/c1-19-4-2-12(3-5-19)20-9-11(8-17-20)18-13-15-6-10(14)7-16-13/h6-9,12H,2-5H2,1H3,(H,15,16,18). The molecule has 3 heterocycles. The van der Waals surface area contributed by atoms with Crippen LogP contribution in [0.4, 0.5) is 11.6 Å².